The van der Waals surface area contributed by atoms with Crippen LogP contribution in [0.4, 0.5) is 0 Å². The highest BCUT2D eigenvalue weighted by Crippen LogP contribution is 2.19. The highest BCUT2D eigenvalue weighted by Gasteiger charge is 2.11. The van der Waals surface area contributed by atoms with Gasteiger partial charge in [-0.05, 0) is 11.8 Å². The number of hydrogen-bond acceptors (Lipinski definition) is 2. The molecule has 1 N–H and O–H groups in total. The zero-order valence-electron chi connectivity index (χ0n) is 6.77. The minimum atomic E-state index is -0.00161. The van der Waals surface area contributed by atoms with E-state index < -0.39 is 0 Å². The maximum atomic E-state index is 10.7. The molecule has 0 aliphatic rings. The van der Waals surface area contributed by atoms with Crippen molar-refractivity contribution in [3.05, 3.63) is 0 Å². The van der Waals surface area contributed by atoms with Gasteiger partial charge in [-0.3, -0.25) is 4.79 Å². The van der Waals surface area contributed by atoms with Crippen molar-refractivity contribution in [1.82, 2.24) is 4.72 Å². The van der Waals surface area contributed by atoms with E-state index in [1.807, 2.05) is 0 Å². The molecule has 60 valence electrons. The maximum absolute atomic E-state index is 10.7. The Morgan fingerprint density at radius 3 is 2.30 bits per heavy atom. The van der Waals surface area contributed by atoms with E-state index >= 15 is 0 Å². The number of hydrogen-bond donors (Lipinski definition) is 2. The largest absolute Gasteiger partial charge is 0.303 e. The third-order valence-electron chi connectivity index (χ3n) is 1.23. The second-order valence-corrected chi connectivity index (χ2v) is 3.82. The van der Waals surface area contributed by atoms with Gasteiger partial charge in [-0.25, -0.2) is 0 Å². The van der Waals surface area contributed by atoms with Crippen LogP contribution < -0.4 is 4.72 Å². The Balaban J connectivity index is 3.46. The molecule has 0 spiro atoms. The third kappa shape index (κ3) is 5.95. The van der Waals surface area contributed by atoms with Crippen molar-refractivity contribution in [2.45, 2.75) is 33.6 Å². The molecule has 0 unspecified atom stereocenters. The van der Waals surface area contributed by atoms with Crippen LogP contribution in [0.5, 0.6) is 0 Å². The van der Waals surface area contributed by atoms with Gasteiger partial charge in [0, 0.05) is 6.42 Å². The molecule has 0 fully saturated rings. The Morgan fingerprint density at radius 2 is 2.00 bits per heavy atom. The van der Waals surface area contributed by atoms with Crippen LogP contribution in [0.1, 0.15) is 33.6 Å². The topological polar surface area (TPSA) is 29.1 Å². The smallest absolute Gasteiger partial charge is 0.229 e. The summed E-state index contributed by atoms with van der Waals surface area (Å²) in [5.41, 5.74) is 0.236. The quantitative estimate of drug-likeness (QED) is 0.594. The lowest BCUT2D eigenvalue weighted by atomic mass is 9.90. The molecule has 0 aromatic heterocycles. The summed E-state index contributed by atoms with van der Waals surface area (Å²) in [4.78, 5) is 10.7. The number of carbonyl (C=O) groups excluding carboxylic acids is 1. The zero-order chi connectivity index (χ0) is 8.20. The zero-order valence-corrected chi connectivity index (χ0v) is 7.66. The van der Waals surface area contributed by atoms with Crippen molar-refractivity contribution in [2.75, 3.05) is 0 Å². The summed E-state index contributed by atoms with van der Waals surface area (Å²) in [6, 6.07) is 0. The highest BCUT2D eigenvalue weighted by molar-refractivity contribution is 7.78. The van der Waals surface area contributed by atoms with Gasteiger partial charge in [0.15, 0.2) is 0 Å². The van der Waals surface area contributed by atoms with Crippen LogP contribution in [0, 0.1) is 5.41 Å². The summed E-state index contributed by atoms with van der Waals surface area (Å²) in [5.74, 6) is -0.00161. The van der Waals surface area contributed by atoms with Gasteiger partial charge in [0.05, 0.1) is 0 Å². The second kappa shape index (κ2) is 3.86. The maximum Gasteiger partial charge on any atom is 0.229 e. The molecule has 0 aromatic carbocycles. The van der Waals surface area contributed by atoms with Gasteiger partial charge in [-0.1, -0.05) is 33.6 Å². The molecule has 2 nitrogen and oxygen atoms in total. The fourth-order valence-corrected chi connectivity index (χ4v) is 0.656. The lowest BCUT2D eigenvalue weighted by Gasteiger charge is -2.16. The van der Waals surface area contributed by atoms with Crippen LogP contribution in [0.25, 0.3) is 0 Å². The number of amides is 1. The third-order valence-corrected chi connectivity index (χ3v) is 1.48. The van der Waals surface area contributed by atoms with Crippen LogP contribution in [-0.2, 0) is 4.79 Å². The molecule has 0 aliphatic carbocycles. The molecule has 0 rings (SSSR count). The van der Waals surface area contributed by atoms with Gasteiger partial charge in [0.25, 0.3) is 0 Å². The van der Waals surface area contributed by atoms with Crippen LogP contribution >= 0.6 is 12.8 Å². The average Bonchev–Trinajstić information content (AvgIpc) is 1.81. The van der Waals surface area contributed by atoms with E-state index in [4.69, 9.17) is 0 Å². The number of rotatable bonds is 2. The Bertz CT molecular complexity index is 117. The molecule has 0 atom stereocenters. The highest BCUT2D eigenvalue weighted by atomic mass is 32.1. The summed E-state index contributed by atoms with van der Waals surface area (Å²) < 4.78 is 2.29. The van der Waals surface area contributed by atoms with E-state index in [2.05, 4.69) is 38.3 Å². The van der Waals surface area contributed by atoms with Crippen molar-refractivity contribution >= 4 is 18.7 Å². The SMILES string of the molecule is CC(C)(C)CCC(=O)NS. The molecule has 10 heavy (non-hydrogen) atoms. The predicted molar refractivity (Wildman–Crippen MR) is 45.8 cm³/mol. The van der Waals surface area contributed by atoms with E-state index in [9.17, 15) is 4.79 Å². The fraction of sp³-hybridized carbons (Fsp3) is 0.857. The summed E-state index contributed by atoms with van der Waals surface area (Å²) >= 11 is 3.65. The van der Waals surface area contributed by atoms with Crippen molar-refractivity contribution in [3.8, 4) is 0 Å². The van der Waals surface area contributed by atoms with Gasteiger partial charge in [-0.2, -0.15) is 0 Å². The predicted octanol–water partition coefficient (Wildman–Crippen LogP) is 1.77. The van der Waals surface area contributed by atoms with E-state index in [0.29, 0.717) is 6.42 Å². The molecule has 0 radical (unpaired) electrons. The fourth-order valence-electron chi connectivity index (χ4n) is 0.544. The molecule has 0 bridgehead atoms. The van der Waals surface area contributed by atoms with E-state index in [0.717, 1.165) is 6.42 Å². The minimum Gasteiger partial charge on any atom is -0.303 e. The van der Waals surface area contributed by atoms with Crippen molar-refractivity contribution < 1.29 is 4.79 Å². The first kappa shape index (κ1) is 9.82. The number of thiol groups is 1. The molecule has 0 saturated carbocycles. The van der Waals surface area contributed by atoms with Gasteiger partial charge in [0.2, 0.25) is 5.91 Å². The van der Waals surface area contributed by atoms with Crippen LogP contribution in [0.15, 0.2) is 0 Å². The molecule has 0 heterocycles. The summed E-state index contributed by atoms with van der Waals surface area (Å²) in [6.45, 7) is 6.33. The molecule has 3 heteroatoms. The normalized spacial score (nSPS) is 11.2. The lowest BCUT2D eigenvalue weighted by molar-refractivity contribution is -0.119. The van der Waals surface area contributed by atoms with Crippen LogP contribution in [-0.4, -0.2) is 5.91 Å². The summed E-state index contributed by atoms with van der Waals surface area (Å²) in [6.07, 6.45) is 1.46. The van der Waals surface area contributed by atoms with Crippen molar-refractivity contribution in [2.24, 2.45) is 5.41 Å². The summed E-state index contributed by atoms with van der Waals surface area (Å²) in [5, 5.41) is 0. The molecular formula is C7H15NOS. The molecule has 0 aromatic rings. The Kier molecular flexibility index (Phi) is 3.79. The van der Waals surface area contributed by atoms with Gasteiger partial charge in [0.1, 0.15) is 0 Å². The first-order valence-corrected chi connectivity index (χ1v) is 3.83. The second-order valence-electron chi connectivity index (χ2n) is 3.60. The van der Waals surface area contributed by atoms with Gasteiger partial charge >= 0.3 is 0 Å². The van der Waals surface area contributed by atoms with E-state index in [1.54, 1.807) is 0 Å². The Labute approximate surface area is 67.9 Å². The van der Waals surface area contributed by atoms with Crippen LogP contribution in [0.3, 0.4) is 0 Å². The average molecular weight is 161 g/mol. The lowest BCUT2D eigenvalue weighted by Crippen LogP contribution is -2.15. The minimum absolute atomic E-state index is 0.00161. The molecule has 0 aliphatic heterocycles. The number of carbonyl (C=O) groups is 1. The first-order chi connectivity index (χ1) is 4.45. The van der Waals surface area contributed by atoms with Gasteiger partial charge < -0.3 is 4.72 Å². The number of nitrogens with one attached hydrogen (secondary N) is 1. The van der Waals surface area contributed by atoms with Gasteiger partial charge in [-0.15, -0.1) is 0 Å². The molecule has 0 saturated heterocycles. The molecular weight excluding hydrogens is 146 g/mol. The van der Waals surface area contributed by atoms with E-state index in [-0.39, 0.29) is 11.3 Å². The monoisotopic (exact) mass is 161 g/mol. The summed E-state index contributed by atoms with van der Waals surface area (Å²) in [7, 11) is 0. The molecule has 1 amide bonds. The first-order valence-electron chi connectivity index (χ1n) is 3.38. The Morgan fingerprint density at radius 1 is 1.50 bits per heavy atom. The van der Waals surface area contributed by atoms with Crippen LogP contribution in [0.2, 0.25) is 0 Å². The standard InChI is InChI=1S/C7H15NOS/c1-7(2,3)5-4-6(9)8-10/h10H,4-5H2,1-3H3,(H,8,9). The van der Waals surface area contributed by atoms with E-state index in [1.165, 1.54) is 0 Å². The Hall–Kier alpha value is -0.180. The van der Waals surface area contributed by atoms with Crippen molar-refractivity contribution in [1.29, 1.82) is 0 Å². The van der Waals surface area contributed by atoms with Crippen molar-refractivity contribution in [3.63, 3.8) is 0 Å².